The number of para-hydroxylation sites is 2. The second-order valence-electron chi connectivity index (χ2n) is 2.57. The summed E-state index contributed by atoms with van der Waals surface area (Å²) in [6.07, 6.45) is 0. The average Bonchev–Trinajstić information content (AvgIpc) is 2.09. The number of methoxy groups -OCH3 is 1. The van der Waals surface area contributed by atoms with E-state index in [1.54, 1.807) is 24.3 Å². The number of carbonyl (C=O) groups is 1. The van der Waals surface area contributed by atoms with Crippen molar-refractivity contribution in [2.24, 2.45) is 0 Å². The highest BCUT2D eigenvalue weighted by atomic mass is 35.5. The minimum atomic E-state index is -0.208. The van der Waals surface area contributed by atoms with Crippen LogP contribution in [0.15, 0.2) is 24.3 Å². The summed E-state index contributed by atoms with van der Waals surface area (Å²) in [6.45, 7) is 0.0360. The number of benzene rings is 1. The zero-order valence-electron chi connectivity index (χ0n) is 7.82. The molecular weight excluding hydrogens is 204 g/mol. The number of nitrogen functional groups attached to an aromatic ring is 1. The molecule has 0 saturated carbocycles. The van der Waals surface area contributed by atoms with E-state index in [0.29, 0.717) is 11.4 Å². The highest BCUT2D eigenvalue weighted by Gasteiger charge is 2.02. The van der Waals surface area contributed by atoms with Gasteiger partial charge in [-0.3, -0.25) is 4.79 Å². The molecule has 0 aliphatic heterocycles. The first kappa shape index (κ1) is 12.7. The lowest BCUT2D eigenvalue weighted by atomic mass is 10.3. The first-order chi connectivity index (χ1) is 6.24. The van der Waals surface area contributed by atoms with E-state index in [0.717, 1.165) is 0 Å². The van der Waals surface area contributed by atoms with Crippen LogP contribution in [0.25, 0.3) is 0 Å². The average molecular weight is 217 g/mol. The van der Waals surface area contributed by atoms with E-state index < -0.39 is 0 Å². The Hall–Kier alpha value is -1.26. The van der Waals surface area contributed by atoms with Gasteiger partial charge in [0, 0.05) is 7.11 Å². The van der Waals surface area contributed by atoms with E-state index in [1.165, 1.54) is 7.11 Å². The van der Waals surface area contributed by atoms with Gasteiger partial charge in [-0.05, 0) is 12.1 Å². The van der Waals surface area contributed by atoms with E-state index >= 15 is 0 Å². The van der Waals surface area contributed by atoms with E-state index in [9.17, 15) is 4.79 Å². The molecule has 1 aromatic carbocycles. The lowest BCUT2D eigenvalue weighted by molar-refractivity contribution is -0.119. The van der Waals surface area contributed by atoms with Crippen molar-refractivity contribution >= 4 is 29.7 Å². The maximum atomic E-state index is 11.1. The molecule has 4 nitrogen and oxygen atoms in total. The van der Waals surface area contributed by atoms with Gasteiger partial charge in [-0.1, -0.05) is 12.1 Å². The summed E-state index contributed by atoms with van der Waals surface area (Å²) in [7, 11) is 1.47. The number of halogens is 1. The first-order valence-corrected chi connectivity index (χ1v) is 3.87. The van der Waals surface area contributed by atoms with Crippen molar-refractivity contribution in [1.82, 2.24) is 0 Å². The number of ether oxygens (including phenoxy) is 1. The molecular formula is C9H13ClN2O2. The van der Waals surface area contributed by atoms with Crippen molar-refractivity contribution in [2.45, 2.75) is 0 Å². The predicted molar refractivity (Wildman–Crippen MR) is 58.6 cm³/mol. The molecule has 1 rings (SSSR count). The molecule has 0 bridgehead atoms. The molecule has 1 amide bonds. The third-order valence-corrected chi connectivity index (χ3v) is 1.51. The molecule has 0 spiro atoms. The zero-order valence-corrected chi connectivity index (χ0v) is 8.64. The van der Waals surface area contributed by atoms with Crippen LogP contribution in [0.2, 0.25) is 0 Å². The number of carbonyl (C=O) groups excluding carboxylic acids is 1. The fourth-order valence-electron chi connectivity index (χ4n) is 0.928. The van der Waals surface area contributed by atoms with E-state index in [2.05, 4.69) is 10.1 Å². The molecule has 0 saturated heterocycles. The van der Waals surface area contributed by atoms with Crippen LogP contribution >= 0.6 is 12.4 Å². The lowest BCUT2D eigenvalue weighted by Crippen LogP contribution is -2.17. The molecule has 0 radical (unpaired) electrons. The number of rotatable bonds is 3. The summed E-state index contributed by atoms with van der Waals surface area (Å²) < 4.78 is 4.66. The van der Waals surface area contributed by atoms with Crippen LogP contribution in [-0.4, -0.2) is 19.6 Å². The molecule has 0 heterocycles. The van der Waals surface area contributed by atoms with Gasteiger partial charge < -0.3 is 15.8 Å². The van der Waals surface area contributed by atoms with Gasteiger partial charge in [0.2, 0.25) is 5.91 Å². The fourth-order valence-corrected chi connectivity index (χ4v) is 0.928. The zero-order chi connectivity index (χ0) is 9.68. The summed E-state index contributed by atoms with van der Waals surface area (Å²) in [4.78, 5) is 11.1. The monoisotopic (exact) mass is 216 g/mol. The molecule has 5 heteroatoms. The smallest absolute Gasteiger partial charge is 0.250 e. The third-order valence-electron chi connectivity index (χ3n) is 1.51. The van der Waals surface area contributed by atoms with Crippen molar-refractivity contribution in [1.29, 1.82) is 0 Å². The Kier molecular flexibility index (Phi) is 5.67. The van der Waals surface area contributed by atoms with Crippen LogP contribution in [0.5, 0.6) is 0 Å². The van der Waals surface area contributed by atoms with Crippen molar-refractivity contribution in [2.75, 3.05) is 24.8 Å². The van der Waals surface area contributed by atoms with Gasteiger partial charge in [-0.2, -0.15) is 0 Å². The lowest BCUT2D eigenvalue weighted by Gasteiger charge is -2.06. The Balaban J connectivity index is 0.00000169. The summed E-state index contributed by atoms with van der Waals surface area (Å²) in [6, 6.07) is 7.07. The summed E-state index contributed by atoms with van der Waals surface area (Å²) in [5.41, 5.74) is 6.77. The molecule has 0 aromatic heterocycles. The van der Waals surface area contributed by atoms with Crippen LogP contribution in [0.3, 0.4) is 0 Å². The predicted octanol–water partition coefficient (Wildman–Crippen LogP) is 1.28. The van der Waals surface area contributed by atoms with Gasteiger partial charge in [-0.25, -0.2) is 0 Å². The number of anilines is 2. The minimum absolute atomic E-state index is 0. The number of amides is 1. The maximum Gasteiger partial charge on any atom is 0.250 e. The minimum Gasteiger partial charge on any atom is -0.397 e. The van der Waals surface area contributed by atoms with Crippen molar-refractivity contribution in [3.63, 3.8) is 0 Å². The standard InChI is InChI=1S/C9H12N2O2.ClH/c1-13-6-9(12)11-8-5-3-2-4-7(8)10;/h2-5H,6,10H2,1H3,(H,11,12);1H. The van der Waals surface area contributed by atoms with Crippen LogP contribution in [-0.2, 0) is 9.53 Å². The van der Waals surface area contributed by atoms with Gasteiger partial charge in [0.05, 0.1) is 11.4 Å². The van der Waals surface area contributed by atoms with Crippen LogP contribution in [0, 0.1) is 0 Å². The Morgan fingerprint density at radius 1 is 1.50 bits per heavy atom. The second kappa shape index (κ2) is 6.23. The molecule has 0 fully saturated rings. The van der Waals surface area contributed by atoms with Gasteiger partial charge in [-0.15, -0.1) is 12.4 Å². The van der Waals surface area contributed by atoms with Crippen LogP contribution in [0.4, 0.5) is 11.4 Å². The number of nitrogens with two attached hydrogens (primary N) is 1. The largest absolute Gasteiger partial charge is 0.397 e. The van der Waals surface area contributed by atoms with Gasteiger partial charge >= 0.3 is 0 Å². The van der Waals surface area contributed by atoms with Gasteiger partial charge in [0.1, 0.15) is 6.61 Å². The summed E-state index contributed by atoms with van der Waals surface area (Å²) in [5.74, 6) is -0.208. The second-order valence-corrected chi connectivity index (χ2v) is 2.57. The first-order valence-electron chi connectivity index (χ1n) is 3.87. The summed E-state index contributed by atoms with van der Waals surface area (Å²) >= 11 is 0. The Labute approximate surface area is 88.8 Å². The Bertz CT molecular complexity index is 305. The fraction of sp³-hybridized carbons (Fsp3) is 0.222. The summed E-state index contributed by atoms with van der Waals surface area (Å²) in [5, 5.41) is 2.62. The SMILES string of the molecule is COCC(=O)Nc1ccccc1N.Cl. The highest BCUT2D eigenvalue weighted by molar-refractivity contribution is 5.94. The van der Waals surface area contributed by atoms with Crippen molar-refractivity contribution in [3.05, 3.63) is 24.3 Å². The number of nitrogens with one attached hydrogen (secondary N) is 1. The van der Waals surface area contributed by atoms with Gasteiger partial charge in [0.25, 0.3) is 0 Å². The third kappa shape index (κ3) is 3.64. The molecule has 14 heavy (non-hydrogen) atoms. The van der Waals surface area contributed by atoms with E-state index in [-0.39, 0.29) is 24.9 Å². The number of hydrogen-bond donors (Lipinski definition) is 2. The number of hydrogen-bond acceptors (Lipinski definition) is 3. The quantitative estimate of drug-likeness (QED) is 0.748. The molecule has 0 atom stereocenters. The Morgan fingerprint density at radius 3 is 2.71 bits per heavy atom. The van der Waals surface area contributed by atoms with Crippen molar-refractivity contribution in [3.8, 4) is 0 Å². The van der Waals surface area contributed by atoms with E-state index in [1.807, 2.05) is 0 Å². The Morgan fingerprint density at radius 2 is 2.14 bits per heavy atom. The van der Waals surface area contributed by atoms with Crippen LogP contribution in [0.1, 0.15) is 0 Å². The van der Waals surface area contributed by atoms with Gasteiger partial charge in [0.15, 0.2) is 0 Å². The maximum absolute atomic E-state index is 11.1. The highest BCUT2D eigenvalue weighted by Crippen LogP contribution is 2.16. The molecule has 0 unspecified atom stereocenters. The van der Waals surface area contributed by atoms with Crippen molar-refractivity contribution < 1.29 is 9.53 Å². The normalized spacial score (nSPS) is 8.93. The molecule has 3 N–H and O–H groups in total. The molecule has 0 aliphatic rings. The topological polar surface area (TPSA) is 64.3 Å². The molecule has 1 aromatic rings. The van der Waals surface area contributed by atoms with E-state index in [4.69, 9.17) is 5.73 Å². The van der Waals surface area contributed by atoms with Crippen LogP contribution < -0.4 is 11.1 Å². The molecule has 78 valence electrons. The molecule has 0 aliphatic carbocycles.